The summed E-state index contributed by atoms with van der Waals surface area (Å²) in [5.74, 6) is -1.42. The number of carboxylic acids is 1. The summed E-state index contributed by atoms with van der Waals surface area (Å²) < 4.78 is 46.6. The highest BCUT2D eigenvalue weighted by molar-refractivity contribution is 6.30. The second kappa shape index (κ2) is 10.1. The smallest absolute Gasteiger partial charge is 0.417 e. The number of hydrogen-bond acceptors (Lipinski definition) is 4. The van der Waals surface area contributed by atoms with Crippen molar-refractivity contribution in [3.05, 3.63) is 81.5 Å². The van der Waals surface area contributed by atoms with E-state index in [1.807, 2.05) is 0 Å². The Bertz CT molecular complexity index is 1170. The first-order chi connectivity index (χ1) is 14.6. The number of ether oxygens (including phenoxy) is 1. The topological polar surface area (TPSA) is 81.4 Å². The van der Waals surface area contributed by atoms with Gasteiger partial charge in [-0.3, -0.25) is 14.3 Å². The first kappa shape index (κ1) is 25.2. The number of halogens is 5. The van der Waals surface area contributed by atoms with Gasteiger partial charge in [0, 0.05) is 35.0 Å². The third-order valence-corrected chi connectivity index (χ3v) is 4.83. The predicted molar refractivity (Wildman–Crippen MR) is 115 cm³/mol. The van der Waals surface area contributed by atoms with Gasteiger partial charge >= 0.3 is 12.1 Å². The summed E-state index contributed by atoms with van der Waals surface area (Å²) in [5.41, 5.74) is -1.89. The molecule has 0 spiro atoms. The maximum atomic E-state index is 13.5. The number of aliphatic carboxylic acids is 1. The molecule has 32 heavy (non-hydrogen) atoms. The molecule has 1 N–H and O–H groups in total. The number of benzene rings is 1. The summed E-state index contributed by atoms with van der Waals surface area (Å²) in [6, 6.07) is 7.49. The van der Waals surface area contributed by atoms with Crippen molar-refractivity contribution in [3.8, 4) is 16.9 Å². The molecule has 2 heterocycles. The van der Waals surface area contributed by atoms with Gasteiger partial charge in [-0.25, -0.2) is 4.79 Å². The first-order valence-electron chi connectivity index (χ1n) is 8.92. The number of methoxy groups -OCH3 is 1. The molecule has 0 amide bonds. The van der Waals surface area contributed by atoms with Crippen LogP contribution in [0.3, 0.4) is 0 Å². The van der Waals surface area contributed by atoms with E-state index in [1.165, 1.54) is 13.3 Å². The molecule has 0 saturated carbocycles. The van der Waals surface area contributed by atoms with Gasteiger partial charge in [0.05, 0.1) is 18.9 Å². The lowest BCUT2D eigenvalue weighted by Crippen LogP contribution is -2.31. The Morgan fingerprint density at radius 2 is 1.94 bits per heavy atom. The summed E-state index contributed by atoms with van der Waals surface area (Å²) in [4.78, 5) is 28.7. The molecule has 2 aromatic heterocycles. The van der Waals surface area contributed by atoms with Gasteiger partial charge in [-0.05, 0) is 35.9 Å². The molecule has 0 aliphatic heterocycles. The highest BCUT2D eigenvalue weighted by Crippen LogP contribution is 2.41. The van der Waals surface area contributed by atoms with E-state index < -0.39 is 29.3 Å². The molecule has 0 aliphatic rings. The van der Waals surface area contributed by atoms with Crippen LogP contribution in [0.2, 0.25) is 5.02 Å². The molecule has 3 aromatic rings. The summed E-state index contributed by atoms with van der Waals surface area (Å²) in [6.07, 6.45) is -2.25. The highest BCUT2D eigenvalue weighted by atomic mass is 35.5. The molecule has 11 heteroatoms. The van der Waals surface area contributed by atoms with Crippen molar-refractivity contribution >= 4 is 30.0 Å². The predicted octanol–water partition coefficient (Wildman–Crippen LogP) is 4.88. The van der Waals surface area contributed by atoms with Crippen LogP contribution < -0.4 is 10.3 Å². The average Bonchev–Trinajstić information content (AvgIpc) is 2.71. The van der Waals surface area contributed by atoms with Crippen LogP contribution in [0.1, 0.15) is 17.3 Å². The SMILES string of the molecule is COc1cn(C(Cc2ccccn2)C(=O)O)c(=O)cc1-c1cc(Cl)ccc1C(F)(F)F.Cl. The maximum Gasteiger partial charge on any atom is 0.417 e. The van der Waals surface area contributed by atoms with Gasteiger partial charge in [-0.2, -0.15) is 13.2 Å². The minimum absolute atomic E-state index is 0. The fourth-order valence-electron chi connectivity index (χ4n) is 3.15. The van der Waals surface area contributed by atoms with Crippen molar-refractivity contribution in [2.75, 3.05) is 7.11 Å². The Balaban J connectivity index is 0.00000363. The number of nitrogens with zero attached hydrogens (tertiary/aromatic N) is 2. The van der Waals surface area contributed by atoms with E-state index in [0.717, 1.165) is 35.0 Å². The van der Waals surface area contributed by atoms with Crippen molar-refractivity contribution in [2.24, 2.45) is 0 Å². The van der Waals surface area contributed by atoms with E-state index in [2.05, 4.69) is 4.98 Å². The largest absolute Gasteiger partial charge is 0.495 e. The van der Waals surface area contributed by atoms with Crippen LogP contribution in [0, 0.1) is 0 Å². The van der Waals surface area contributed by atoms with Gasteiger partial charge < -0.3 is 9.84 Å². The van der Waals surface area contributed by atoms with Gasteiger partial charge in [0.25, 0.3) is 5.56 Å². The normalized spacial score (nSPS) is 12.0. The summed E-state index contributed by atoms with van der Waals surface area (Å²) in [6.45, 7) is 0. The third-order valence-electron chi connectivity index (χ3n) is 4.59. The lowest BCUT2D eigenvalue weighted by atomic mass is 9.99. The molecule has 1 unspecified atom stereocenters. The summed E-state index contributed by atoms with van der Waals surface area (Å²) in [7, 11) is 1.21. The van der Waals surface area contributed by atoms with Crippen LogP contribution in [-0.4, -0.2) is 27.7 Å². The minimum atomic E-state index is -4.71. The Morgan fingerprint density at radius 3 is 2.50 bits per heavy atom. The number of pyridine rings is 2. The van der Waals surface area contributed by atoms with Gasteiger partial charge in [-0.15, -0.1) is 12.4 Å². The van der Waals surface area contributed by atoms with Crippen molar-refractivity contribution in [1.82, 2.24) is 9.55 Å². The van der Waals surface area contributed by atoms with Gasteiger partial charge in [0.2, 0.25) is 0 Å². The number of hydrogen-bond donors (Lipinski definition) is 1. The average molecular weight is 489 g/mol. The van der Waals surface area contributed by atoms with Crippen molar-refractivity contribution in [2.45, 2.75) is 18.6 Å². The van der Waals surface area contributed by atoms with Crippen molar-refractivity contribution in [1.29, 1.82) is 0 Å². The number of rotatable bonds is 6. The Morgan fingerprint density at radius 1 is 1.22 bits per heavy atom. The van der Waals surface area contributed by atoms with E-state index in [-0.39, 0.29) is 40.7 Å². The van der Waals surface area contributed by atoms with Crippen LogP contribution in [-0.2, 0) is 17.4 Å². The molecule has 0 radical (unpaired) electrons. The van der Waals surface area contributed by atoms with Crippen LogP contribution in [0.25, 0.3) is 11.1 Å². The zero-order chi connectivity index (χ0) is 22.8. The molecular weight excluding hydrogens is 472 g/mol. The monoisotopic (exact) mass is 488 g/mol. The number of carboxylic acid groups (broad SMARTS) is 1. The molecular formula is C21H17Cl2F3N2O4. The molecule has 1 aromatic carbocycles. The molecule has 0 fully saturated rings. The minimum Gasteiger partial charge on any atom is -0.495 e. The molecule has 170 valence electrons. The number of carbonyl (C=O) groups is 1. The van der Waals surface area contributed by atoms with Gasteiger partial charge in [-0.1, -0.05) is 17.7 Å². The Labute approximate surface area is 191 Å². The van der Waals surface area contributed by atoms with Crippen molar-refractivity contribution < 1.29 is 27.8 Å². The van der Waals surface area contributed by atoms with E-state index in [1.54, 1.807) is 18.2 Å². The Kier molecular flexibility index (Phi) is 7.92. The van der Waals surface area contributed by atoms with E-state index >= 15 is 0 Å². The fraction of sp³-hybridized carbons (Fsp3) is 0.190. The van der Waals surface area contributed by atoms with Gasteiger partial charge in [0.1, 0.15) is 11.8 Å². The molecule has 0 aliphatic carbocycles. The molecule has 0 saturated heterocycles. The number of aromatic nitrogens is 2. The second-order valence-electron chi connectivity index (χ2n) is 6.57. The standard InChI is InChI=1S/C21H16ClF3N2O4.ClH/c1-31-18-11-27(17(20(29)30)9-13-4-2-3-7-26-13)19(28)10-15(18)14-8-12(22)5-6-16(14)21(23,24)25;/h2-8,10-11,17H,9H2,1H3,(H,29,30);1H. The van der Waals surface area contributed by atoms with Crippen LogP contribution in [0.5, 0.6) is 5.75 Å². The molecule has 1 atom stereocenters. The van der Waals surface area contributed by atoms with Crippen LogP contribution >= 0.6 is 24.0 Å². The van der Waals surface area contributed by atoms with Crippen LogP contribution in [0.15, 0.2) is 59.7 Å². The number of alkyl halides is 3. The molecule has 0 bridgehead atoms. The van der Waals surface area contributed by atoms with Gasteiger partial charge in [0.15, 0.2) is 0 Å². The van der Waals surface area contributed by atoms with E-state index in [0.29, 0.717) is 5.69 Å². The van der Waals surface area contributed by atoms with Crippen LogP contribution in [0.4, 0.5) is 13.2 Å². The lowest BCUT2D eigenvalue weighted by Gasteiger charge is -2.20. The Hall–Kier alpha value is -3.04. The summed E-state index contributed by atoms with van der Waals surface area (Å²) in [5, 5.41) is 9.69. The maximum absolute atomic E-state index is 13.5. The zero-order valence-electron chi connectivity index (χ0n) is 16.5. The quantitative estimate of drug-likeness (QED) is 0.534. The van der Waals surface area contributed by atoms with E-state index in [4.69, 9.17) is 16.3 Å². The second-order valence-corrected chi connectivity index (χ2v) is 7.00. The van der Waals surface area contributed by atoms with E-state index in [9.17, 15) is 27.9 Å². The zero-order valence-corrected chi connectivity index (χ0v) is 18.0. The molecule has 3 rings (SSSR count). The summed E-state index contributed by atoms with van der Waals surface area (Å²) >= 11 is 5.89. The van der Waals surface area contributed by atoms with Crippen molar-refractivity contribution in [3.63, 3.8) is 0 Å². The first-order valence-corrected chi connectivity index (χ1v) is 9.29. The fourth-order valence-corrected chi connectivity index (χ4v) is 3.33. The molecule has 6 nitrogen and oxygen atoms in total. The lowest BCUT2D eigenvalue weighted by molar-refractivity contribution is -0.141. The highest BCUT2D eigenvalue weighted by Gasteiger charge is 2.35. The third kappa shape index (κ3) is 5.41.